The van der Waals surface area contributed by atoms with Gasteiger partial charge in [-0.3, -0.25) is 4.79 Å². The number of hydrogen-bond donors (Lipinski definition) is 2. The van der Waals surface area contributed by atoms with E-state index in [0.29, 0.717) is 5.56 Å². The van der Waals surface area contributed by atoms with Gasteiger partial charge < -0.3 is 10.4 Å². The molecule has 0 aromatic heterocycles. The molecule has 4 nitrogen and oxygen atoms in total. The van der Waals surface area contributed by atoms with Crippen molar-refractivity contribution in [1.82, 2.24) is 5.32 Å². The summed E-state index contributed by atoms with van der Waals surface area (Å²) in [5.41, 5.74) is 0.408. The lowest BCUT2D eigenvalue weighted by molar-refractivity contribution is -0.139. The van der Waals surface area contributed by atoms with Crippen LogP contribution in [0, 0.1) is 12.3 Å². The van der Waals surface area contributed by atoms with Crippen LogP contribution in [0.4, 0.5) is 0 Å². The fraction of sp³-hybridized carbons (Fsp3) is 0.167. The highest BCUT2D eigenvalue weighted by atomic mass is 16.4. The number of carboxylic acids is 1. The van der Waals surface area contributed by atoms with E-state index in [0.717, 1.165) is 0 Å². The molecule has 0 aliphatic heterocycles. The summed E-state index contributed by atoms with van der Waals surface area (Å²) in [6, 6.07) is 7.33. The Kier molecular flexibility index (Phi) is 4.10. The molecule has 1 amide bonds. The third kappa shape index (κ3) is 3.14. The van der Waals surface area contributed by atoms with Gasteiger partial charge in [-0.2, -0.15) is 0 Å². The van der Waals surface area contributed by atoms with Crippen molar-refractivity contribution < 1.29 is 14.7 Å². The Bertz CT molecular complexity index is 420. The molecule has 0 saturated carbocycles. The summed E-state index contributed by atoms with van der Waals surface area (Å²) in [6.07, 6.45) is 4.98. The molecule has 0 spiro atoms. The van der Waals surface area contributed by atoms with Crippen LogP contribution in [-0.2, 0) is 4.79 Å². The quantitative estimate of drug-likeness (QED) is 0.736. The third-order valence-electron chi connectivity index (χ3n) is 1.96. The lowest BCUT2D eigenvalue weighted by Gasteiger charge is -2.11. The summed E-state index contributed by atoms with van der Waals surface area (Å²) in [6.45, 7) is 0. The molecule has 1 atom stereocenters. The van der Waals surface area contributed by atoms with E-state index in [2.05, 4.69) is 11.2 Å². The molecule has 4 heteroatoms. The fourth-order valence-corrected chi connectivity index (χ4v) is 1.15. The first kappa shape index (κ1) is 11.8. The molecule has 0 bridgehead atoms. The number of carbonyl (C=O) groups is 2. The van der Waals surface area contributed by atoms with Crippen molar-refractivity contribution in [3.63, 3.8) is 0 Å². The van der Waals surface area contributed by atoms with Crippen molar-refractivity contribution in [1.29, 1.82) is 0 Å². The maximum Gasteiger partial charge on any atom is 0.327 e. The lowest BCUT2D eigenvalue weighted by atomic mass is 10.1. The van der Waals surface area contributed by atoms with Crippen LogP contribution >= 0.6 is 0 Å². The van der Waals surface area contributed by atoms with Crippen LogP contribution in [0.3, 0.4) is 0 Å². The van der Waals surface area contributed by atoms with Crippen LogP contribution in [0.25, 0.3) is 0 Å². The molecular formula is C12H11NO3. The average molecular weight is 217 g/mol. The number of carboxylic acid groups (broad SMARTS) is 1. The van der Waals surface area contributed by atoms with E-state index < -0.39 is 17.9 Å². The van der Waals surface area contributed by atoms with Crippen LogP contribution in [0.1, 0.15) is 16.8 Å². The zero-order chi connectivity index (χ0) is 12.0. The summed E-state index contributed by atoms with van der Waals surface area (Å²) in [5, 5.41) is 11.1. The lowest BCUT2D eigenvalue weighted by Crippen LogP contribution is -2.40. The predicted molar refractivity (Wildman–Crippen MR) is 58.8 cm³/mol. The van der Waals surface area contributed by atoms with E-state index in [1.54, 1.807) is 30.3 Å². The van der Waals surface area contributed by atoms with Crippen LogP contribution in [0.5, 0.6) is 0 Å². The van der Waals surface area contributed by atoms with Gasteiger partial charge in [-0.1, -0.05) is 18.2 Å². The van der Waals surface area contributed by atoms with Crippen LogP contribution in [0.2, 0.25) is 0 Å². The highest BCUT2D eigenvalue weighted by Gasteiger charge is 2.19. The molecule has 0 aliphatic rings. The Morgan fingerprint density at radius 3 is 2.50 bits per heavy atom. The summed E-state index contributed by atoms with van der Waals surface area (Å²) < 4.78 is 0. The van der Waals surface area contributed by atoms with Gasteiger partial charge in [0.05, 0.1) is 0 Å². The maximum atomic E-state index is 11.6. The molecule has 1 rings (SSSR count). The van der Waals surface area contributed by atoms with Crippen molar-refractivity contribution in [2.75, 3.05) is 0 Å². The van der Waals surface area contributed by atoms with Gasteiger partial charge in [0.15, 0.2) is 0 Å². The van der Waals surface area contributed by atoms with Crippen molar-refractivity contribution in [3.8, 4) is 12.3 Å². The van der Waals surface area contributed by atoms with Gasteiger partial charge >= 0.3 is 5.97 Å². The number of aliphatic carboxylic acids is 1. The molecule has 1 aromatic rings. The molecule has 0 radical (unpaired) electrons. The van der Waals surface area contributed by atoms with Crippen molar-refractivity contribution in [2.45, 2.75) is 12.5 Å². The summed E-state index contributed by atoms with van der Waals surface area (Å²) in [4.78, 5) is 22.3. The molecular weight excluding hydrogens is 206 g/mol. The Hall–Kier alpha value is -2.28. The van der Waals surface area contributed by atoms with E-state index in [4.69, 9.17) is 11.5 Å². The van der Waals surface area contributed by atoms with Crippen molar-refractivity contribution in [2.24, 2.45) is 0 Å². The largest absolute Gasteiger partial charge is 0.480 e. The number of amides is 1. The SMILES string of the molecule is C#CC[C@@H](NC(=O)c1ccccc1)C(=O)O. The van der Waals surface area contributed by atoms with Gasteiger partial charge in [0, 0.05) is 12.0 Å². The summed E-state index contributed by atoms with van der Waals surface area (Å²) >= 11 is 0. The molecule has 16 heavy (non-hydrogen) atoms. The highest BCUT2D eigenvalue weighted by Crippen LogP contribution is 2.00. The fourth-order valence-electron chi connectivity index (χ4n) is 1.15. The Balaban J connectivity index is 2.70. The smallest absolute Gasteiger partial charge is 0.327 e. The van der Waals surface area contributed by atoms with E-state index in [1.807, 2.05) is 0 Å². The topological polar surface area (TPSA) is 66.4 Å². The van der Waals surface area contributed by atoms with Crippen LogP contribution in [-0.4, -0.2) is 23.0 Å². The molecule has 0 fully saturated rings. The molecule has 0 aliphatic carbocycles. The minimum absolute atomic E-state index is 0.0338. The third-order valence-corrected chi connectivity index (χ3v) is 1.96. The Morgan fingerprint density at radius 1 is 1.38 bits per heavy atom. The first-order valence-electron chi connectivity index (χ1n) is 4.67. The van der Waals surface area contributed by atoms with Gasteiger partial charge in [0.25, 0.3) is 5.91 Å². The minimum atomic E-state index is -1.14. The van der Waals surface area contributed by atoms with E-state index in [1.165, 1.54) is 0 Å². The monoisotopic (exact) mass is 217 g/mol. The maximum absolute atomic E-state index is 11.6. The molecule has 1 aromatic carbocycles. The standard InChI is InChI=1S/C12H11NO3/c1-2-6-10(12(15)16)13-11(14)9-7-4-3-5-8-9/h1,3-5,7-8,10H,6H2,(H,13,14)(H,15,16)/t10-/m1/s1. The molecule has 0 unspecified atom stereocenters. The zero-order valence-electron chi connectivity index (χ0n) is 8.51. The molecule has 2 N–H and O–H groups in total. The second kappa shape index (κ2) is 5.56. The normalized spacial score (nSPS) is 11.2. The van der Waals surface area contributed by atoms with Crippen LogP contribution < -0.4 is 5.32 Å². The first-order chi connectivity index (χ1) is 7.65. The summed E-state index contributed by atoms with van der Waals surface area (Å²) in [7, 11) is 0. The first-order valence-corrected chi connectivity index (χ1v) is 4.67. The number of rotatable bonds is 4. The Morgan fingerprint density at radius 2 is 2.00 bits per heavy atom. The number of hydrogen-bond acceptors (Lipinski definition) is 2. The highest BCUT2D eigenvalue weighted by molar-refractivity contribution is 5.96. The number of benzene rings is 1. The van der Waals surface area contributed by atoms with Gasteiger partial charge in [-0.15, -0.1) is 12.3 Å². The second-order valence-corrected chi connectivity index (χ2v) is 3.14. The van der Waals surface area contributed by atoms with Crippen molar-refractivity contribution >= 4 is 11.9 Å². The van der Waals surface area contributed by atoms with E-state index in [-0.39, 0.29) is 6.42 Å². The van der Waals surface area contributed by atoms with E-state index >= 15 is 0 Å². The molecule has 82 valence electrons. The van der Waals surface area contributed by atoms with Gasteiger partial charge in [0.1, 0.15) is 6.04 Å². The van der Waals surface area contributed by atoms with Gasteiger partial charge in [0.2, 0.25) is 0 Å². The van der Waals surface area contributed by atoms with Crippen molar-refractivity contribution in [3.05, 3.63) is 35.9 Å². The molecule has 0 heterocycles. The number of terminal acetylenes is 1. The number of carbonyl (C=O) groups excluding carboxylic acids is 1. The number of nitrogens with one attached hydrogen (secondary N) is 1. The molecule has 0 saturated heterocycles. The van der Waals surface area contributed by atoms with Gasteiger partial charge in [-0.25, -0.2) is 4.79 Å². The predicted octanol–water partition coefficient (Wildman–Crippen LogP) is 0.893. The second-order valence-electron chi connectivity index (χ2n) is 3.14. The van der Waals surface area contributed by atoms with Gasteiger partial charge in [-0.05, 0) is 12.1 Å². The van der Waals surface area contributed by atoms with Crippen LogP contribution in [0.15, 0.2) is 30.3 Å². The van der Waals surface area contributed by atoms with E-state index in [9.17, 15) is 9.59 Å². The Labute approximate surface area is 93.3 Å². The zero-order valence-corrected chi connectivity index (χ0v) is 8.51. The minimum Gasteiger partial charge on any atom is -0.480 e. The summed E-state index contributed by atoms with van der Waals surface area (Å²) in [5.74, 6) is 0.632. The average Bonchev–Trinajstić information content (AvgIpc) is 2.29.